The smallest absolute Gasteiger partial charge is 0.355 e. The van der Waals surface area contributed by atoms with Gasteiger partial charge in [-0.2, -0.15) is 23.4 Å². The third-order valence-corrected chi connectivity index (χ3v) is 6.64. The van der Waals surface area contributed by atoms with E-state index >= 15 is 0 Å². The Labute approximate surface area is 194 Å². The van der Waals surface area contributed by atoms with Gasteiger partial charge in [-0.25, -0.2) is 9.50 Å². The summed E-state index contributed by atoms with van der Waals surface area (Å²) in [6.07, 6.45) is 0.575. The summed E-state index contributed by atoms with van der Waals surface area (Å²) in [4.78, 5) is 21.8. The van der Waals surface area contributed by atoms with Crippen LogP contribution < -0.4 is 10.6 Å². The van der Waals surface area contributed by atoms with E-state index in [2.05, 4.69) is 15.1 Å². The van der Waals surface area contributed by atoms with E-state index in [-0.39, 0.29) is 17.8 Å². The Hall–Kier alpha value is -3.15. The number of aryl methyl sites for hydroxylation is 2. The fraction of sp³-hybridized carbons (Fsp3) is 0.545. The zero-order valence-electron chi connectivity index (χ0n) is 19.1. The van der Waals surface area contributed by atoms with E-state index in [1.165, 1.54) is 7.05 Å². The molecule has 12 heteroatoms. The Bertz CT molecular complexity index is 1230. The molecule has 0 unspecified atom stereocenters. The Balaban J connectivity index is 1.46. The van der Waals surface area contributed by atoms with Crippen LogP contribution in [0, 0.1) is 6.92 Å². The third-order valence-electron chi connectivity index (χ3n) is 6.64. The summed E-state index contributed by atoms with van der Waals surface area (Å²) in [6.45, 7) is 4.00. The van der Waals surface area contributed by atoms with Gasteiger partial charge in [0.05, 0.1) is 11.7 Å². The lowest BCUT2D eigenvalue weighted by Gasteiger charge is -2.34. The lowest BCUT2D eigenvalue weighted by atomic mass is 9.99. The summed E-state index contributed by atoms with van der Waals surface area (Å²) in [7, 11) is 1.19. The van der Waals surface area contributed by atoms with E-state index in [0.717, 1.165) is 49.8 Å². The number of piperidine rings is 1. The first-order valence-electron chi connectivity index (χ1n) is 11.4. The monoisotopic (exact) mass is 476 g/mol. The highest BCUT2D eigenvalue weighted by Crippen LogP contribution is 2.34. The maximum Gasteiger partial charge on any atom is 0.433 e. The number of anilines is 1. The SMILES string of the molecule is Cc1cn2nc([C@@H]3CCCCN3C(=O)c3cc(C(F)(F)F)n(C)n3)cc2nc1N1CC[C@H](N)C1. The average Bonchev–Trinajstić information content (AvgIpc) is 3.50. The molecule has 2 aliphatic heterocycles. The summed E-state index contributed by atoms with van der Waals surface area (Å²) in [5.74, 6) is 0.348. The van der Waals surface area contributed by atoms with Crippen LogP contribution in [0.1, 0.15) is 59.2 Å². The second-order valence-corrected chi connectivity index (χ2v) is 9.16. The van der Waals surface area contributed by atoms with Crippen molar-refractivity contribution in [1.29, 1.82) is 0 Å². The molecular weight excluding hydrogens is 449 g/mol. The summed E-state index contributed by atoms with van der Waals surface area (Å²) < 4.78 is 42.0. The van der Waals surface area contributed by atoms with Crippen LogP contribution in [0.4, 0.5) is 19.0 Å². The van der Waals surface area contributed by atoms with Crippen LogP contribution in [0.25, 0.3) is 5.65 Å². The van der Waals surface area contributed by atoms with Crippen molar-refractivity contribution in [2.75, 3.05) is 24.5 Å². The van der Waals surface area contributed by atoms with E-state index in [9.17, 15) is 18.0 Å². The zero-order valence-corrected chi connectivity index (χ0v) is 19.1. The molecule has 9 nitrogen and oxygen atoms in total. The Morgan fingerprint density at radius 1 is 1.15 bits per heavy atom. The van der Waals surface area contributed by atoms with Crippen molar-refractivity contribution in [1.82, 2.24) is 29.3 Å². The number of nitrogens with two attached hydrogens (primary N) is 1. The first-order chi connectivity index (χ1) is 16.1. The molecule has 3 aromatic rings. The van der Waals surface area contributed by atoms with E-state index in [1.807, 2.05) is 19.2 Å². The number of hydrogen-bond acceptors (Lipinski definition) is 6. The molecular formula is C22H27F3N8O. The van der Waals surface area contributed by atoms with Crippen LogP contribution in [-0.4, -0.2) is 60.9 Å². The molecule has 34 heavy (non-hydrogen) atoms. The number of aromatic nitrogens is 5. The van der Waals surface area contributed by atoms with E-state index in [4.69, 9.17) is 10.7 Å². The summed E-state index contributed by atoms with van der Waals surface area (Å²) >= 11 is 0. The fourth-order valence-corrected chi connectivity index (χ4v) is 4.95. The highest BCUT2D eigenvalue weighted by molar-refractivity contribution is 5.92. The Morgan fingerprint density at radius 2 is 1.94 bits per heavy atom. The molecule has 2 fully saturated rings. The number of alkyl halides is 3. The van der Waals surface area contributed by atoms with Gasteiger partial charge in [-0.15, -0.1) is 0 Å². The molecule has 2 saturated heterocycles. The van der Waals surface area contributed by atoms with Gasteiger partial charge in [0.25, 0.3) is 5.91 Å². The van der Waals surface area contributed by atoms with Crippen LogP contribution >= 0.6 is 0 Å². The normalized spacial score (nSPS) is 21.6. The number of carbonyl (C=O) groups is 1. The number of fused-ring (bicyclic) bond motifs is 1. The van der Waals surface area contributed by atoms with Crippen molar-refractivity contribution in [3.05, 3.63) is 41.0 Å². The molecule has 0 aliphatic carbocycles. The van der Waals surface area contributed by atoms with Gasteiger partial charge in [-0.05, 0) is 32.6 Å². The molecule has 0 aromatic carbocycles. The lowest BCUT2D eigenvalue weighted by molar-refractivity contribution is -0.143. The van der Waals surface area contributed by atoms with Crippen molar-refractivity contribution in [3.63, 3.8) is 0 Å². The van der Waals surface area contributed by atoms with Crippen molar-refractivity contribution in [2.24, 2.45) is 12.8 Å². The number of amides is 1. The fourth-order valence-electron chi connectivity index (χ4n) is 4.95. The van der Waals surface area contributed by atoms with Crippen molar-refractivity contribution >= 4 is 17.4 Å². The molecule has 2 aliphatic rings. The molecule has 182 valence electrons. The third kappa shape index (κ3) is 3.99. The van der Waals surface area contributed by atoms with Crippen LogP contribution in [0.3, 0.4) is 0 Å². The average molecular weight is 477 g/mol. The number of nitrogens with zero attached hydrogens (tertiary/aromatic N) is 7. The predicted molar refractivity (Wildman–Crippen MR) is 118 cm³/mol. The molecule has 5 heterocycles. The summed E-state index contributed by atoms with van der Waals surface area (Å²) in [6, 6.07) is 2.44. The summed E-state index contributed by atoms with van der Waals surface area (Å²) in [5, 5.41) is 8.53. The topological polar surface area (TPSA) is 97.6 Å². The van der Waals surface area contributed by atoms with Gasteiger partial charge in [0, 0.05) is 56.6 Å². The van der Waals surface area contributed by atoms with Crippen molar-refractivity contribution in [3.8, 4) is 0 Å². The highest BCUT2D eigenvalue weighted by atomic mass is 19.4. The minimum absolute atomic E-state index is 0.129. The minimum Gasteiger partial charge on any atom is -0.355 e. The maximum atomic E-state index is 13.2. The Morgan fingerprint density at radius 3 is 2.62 bits per heavy atom. The molecule has 5 rings (SSSR count). The minimum atomic E-state index is -4.58. The van der Waals surface area contributed by atoms with Gasteiger partial charge in [-0.1, -0.05) is 0 Å². The van der Waals surface area contributed by atoms with Crippen molar-refractivity contribution < 1.29 is 18.0 Å². The molecule has 2 atom stereocenters. The van der Waals surface area contributed by atoms with Crippen LogP contribution in [0.5, 0.6) is 0 Å². The number of halogens is 3. The molecule has 0 bridgehead atoms. The molecule has 1 amide bonds. The molecule has 3 aromatic heterocycles. The van der Waals surface area contributed by atoms with Gasteiger partial charge in [0.1, 0.15) is 11.5 Å². The number of hydrogen-bond donors (Lipinski definition) is 1. The lowest BCUT2D eigenvalue weighted by Crippen LogP contribution is -2.39. The standard InChI is InChI=1S/C22H27F3N8O/c1-13-11-33-19(27-20(13)31-8-6-14(26)12-31)10-15(29-33)17-5-3-4-7-32(17)21(34)16-9-18(22(23,24)25)30(2)28-16/h9-11,14,17H,3-8,12,26H2,1-2H3/t14-,17-/m0/s1. The highest BCUT2D eigenvalue weighted by Gasteiger charge is 2.38. The second kappa shape index (κ2) is 8.26. The number of rotatable bonds is 3. The molecule has 0 saturated carbocycles. The van der Waals surface area contributed by atoms with Gasteiger partial charge in [0.2, 0.25) is 0 Å². The van der Waals surface area contributed by atoms with Crippen LogP contribution in [0.15, 0.2) is 18.3 Å². The predicted octanol–water partition coefficient (Wildman–Crippen LogP) is 2.69. The van der Waals surface area contributed by atoms with Crippen LogP contribution in [0.2, 0.25) is 0 Å². The first-order valence-corrected chi connectivity index (χ1v) is 11.4. The summed E-state index contributed by atoms with van der Waals surface area (Å²) in [5.41, 5.74) is 7.19. The van der Waals surface area contributed by atoms with E-state index in [0.29, 0.717) is 29.0 Å². The zero-order chi connectivity index (χ0) is 24.2. The molecule has 2 N–H and O–H groups in total. The maximum absolute atomic E-state index is 13.2. The van der Waals surface area contributed by atoms with Crippen molar-refractivity contribution in [2.45, 2.75) is 50.9 Å². The number of likely N-dealkylation sites (tertiary alicyclic amines) is 1. The first kappa shape index (κ1) is 22.6. The van der Waals surface area contributed by atoms with Crippen LogP contribution in [-0.2, 0) is 13.2 Å². The largest absolute Gasteiger partial charge is 0.433 e. The second-order valence-electron chi connectivity index (χ2n) is 9.16. The van der Waals surface area contributed by atoms with Gasteiger partial charge in [-0.3, -0.25) is 9.48 Å². The van der Waals surface area contributed by atoms with Gasteiger partial charge < -0.3 is 15.5 Å². The van der Waals surface area contributed by atoms with Gasteiger partial charge in [0.15, 0.2) is 11.3 Å². The van der Waals surface area contributed by atoms with E-state index < -0.39 is 17.8 Å². The quantitative estimate of drug-likeness (QED) is 0.624. The Kier molecular flexibility index (Phi) is 5.50. The molecule has 0 radical (unpaired) electrons. The van der Waals surface area contributed by atoms with Gasteiger partial charge >= 0.3 is 6.18 Å². The molecule has 0 spiro atoms. The van der Waals surface area contributed by atoms with E-state index in [1.54, 1.807) is 9.42 Å². The number of carbonyl (C=O) groups excluding carboxylic acids is 1.